The van der Waals surface area contributed by atoms with Crippen molar-refractivity contribution in [3.63, 3.8) is 0 Å². The van der Waals surface area contributed by atoms with Crippen LogP contribution in [0.3, 0.4) is 0 Å². The Morgan fingerprint density at radius 3 is 3.12 bits per heavy atom. The highest BCUT2D eigenvalue weighted by molar-refractivity contribution is 8.01. The van der Waals surface area contributed by atoms with Crippen molar-refractivity contribution in [2.75, 3.05) is 12.4 Å². The van der Waals surface area contributed by atoms with Gasteiger partial charge in [0.15, 0.2) is 0 Å². The van der Waals surface area contributed by atoms with Gasteiger partial charge in [0.25, 0.3) is 0 Å². The molecule has 0 spiro atoms. The summed E-state index contributed by atoms with van der Waals surface area (Å²) in [6.07, 6.45) is 3.46. The van der Waals surface area contributed by atoms with E-state index in [4.69, 9.17) is 9.94 Å². The topological polar surface area (TPSA) is 58.9 Å². The Kier molecular flexibility index (Phi) is 3.74. The number of esters is 1. The average molecular weight is 243 g/mol. The Morgan fingerprint density at radius 1 is 1.62 bits per heavy atom. The van der Waals surface area contributed by atoms with Crippen molar-refractivity contribution in [2.24, 2.45) is 17.0 Å². The van der Waals surface area contributed by atoms with Gasteiger partial charge in [0.2, 0.25) is 0 Å². The minimum absolute atomic E-state index is 0.174. The van der Waals surface area contributed by atoms with E-state index < -0.39 is 0 Å². The van der Waals surface area contributed by atoms with Gasteiger partial charge in [0.1, 0.15) is 0 Å². The van der Waals surface area contributed by atoms with Crippen LogP contribution in [0.15, 0.2) is 5.16 Å². The van der Waals surface area contributed by atoms with E-state index in [1.165, 1.54) is 6.42 Å². The summed E-state index contributed by atoms with van der Waals surface area (Å²) in [5.41, 5.74) is 0.894. The zero-order chi connectivity index (χ0) is 11.5. The molecule has 90 valence electrons. The van der Waals surface area contributed by atoms with Crippen molar-refractivity contribution in [3.8, 4) is 0 Å². The number of oxime groups is 1. The number of rotatable bonds is 4. The molecule has 1 N–H and O–H groups in total. The molecule has 2 fully saturated rings. The van der Waals surface area contributed by atoms with Crippen molar-refractivity contribution < 1.29 is 14.7 Å². The third-order valence-corrected chi connectivity index (χ3v) is 4.80. The molecule has 4 nitrogen and oxygen atoms in total. The number of carbonyl (C=O) groups excluding carboxylic acids is 1. The largest absolute Gasteiger partial charge is 0.465 e. The van der Waals surface area contributed by atoms with Gasteiger partial charge in [0.05, 0.1) is 23.3 Å². The Bertz CT molecular complexity index is 306. The third kappa shape index (κ3) is 2.19. The lowest BCUT2D eigenvalue weighted by molar-refractivity contribution is -0.139. The van der Waals surface area contributed by atoms with Gasteiger partial charge in [-0.1, -0.05) is 5.16 Å². The van der Waals surface area contributed by atoms with E-state index in [2.05, 4.69) is 5.16 Å². The number of nitrogens with zero attached hydrogens (tertiary/aromatic N) is 1. The molecule has 0 saturated heterocycles. The highest BCUT2D eigenvalue weighted by Gasteiger charge is 2.45. The molecule has 0 unspecified atom stereocenters. The molecule has 2 rings (SSSR count). The van der Waals surface area contributed by atoms with Crippen molar-refractivity contribution in [2.45, 2.75) is 31.4 Å². The van der Waals surface area contributed by atoms with E-state index in [0.29, 0.717) is 24.2 Å². The van der Waals surface area contributed by atoms with Crippen LogP contribution in [0.2, 0.25) is 0 Å². The number of thioether (sulfide) groups is 1. The second kappa shape index (κ2) is 5.08. The van der Waals surface area contributed by atoms with E-state index >= 15 is 0 Å². The van der Waals surface area contributed by atoms with E-state index in [1.54, 1.807) is 18.7 Å². The van der Waals surface area contributed by atoms with Gasteiger partial charge in [-0.05, 0) is 32.1 Å². The molecule has 16 heavy (non-hydrogen) atoms. The van der Waals surface area contributed by atoms with Crippen LogP contribution < -0.4 is 0 Å². The van der Waals surface area contributed by atoms with Gasteiger partial charge in [-0.2, -0.15) is 0 Å². The standard InChI is InChI=1S/C11H17NO3S/c1-2-15-9(13)6-16-11-8-4-3-7(5-8)10(11)12-14/h7-8,11,14H,2-6H2,1H3/b12-10+/t7-,8+,11+/m0/s1. The Morgan fingerprint density at radius 2 is 2.44 bits per heavy atom. The molecular weight excluding hydrogens is 226 g/mol. The molecule has 0 aromatic heterocycles. The molecule has 0 aromatic carbocycles. The maximum absolute atomic E-state index is 11.3. The first-order valence-corrected chi connectivity index (χ1v) is 6.80. The fourth-order valence-electron chi connectivity index (χ4n) is 2.75. The monoisotopic (exact) mass is 243 g/mol. The molecule has 3 atom stereocenters. The van der Waals surface area contributed by atoms with Gasteiger partial charge < -0.3 is 9.94 Å². The molecule has 2 saturated carbocycles. The number of hydrogen-bond acceptors (Lipinski definition) is 5. The minimum Gasteiger partial charge on any atom is -0.465 e. The first-order valence-electron chi connectivity index (χ1n) is 5.75. The van der Waals surface area contributed by atoms with Gasteiger partial charge in [-0.15, -0.1) is 11.8 Å². The summed E-state index contributed by atoms with van der Waals surface area (Å²) in [6.45, 7) is 2.23. The normalized spacial score (nSPS) is 34.6. The van der Waals surface area contributed by atoms with E-state index in [-0.39, 0.29) is 11.2 Å². The van der Waals surface area contributed by atoms with Crippen LogP contribution in [0.5, 0.6) is 0 Å². The smallest absolute Gasteiger partial charge is 0.315 e. The Labute approximate surface area is 99.4 Å². The van der Waals surface area contributed by atoms with Crippen LogP contribution in [-0.2, 0) is 9.53 Å². The summed E-state index contributed by atoms with van der Waals surface area (Å²) in [5, 5.41) is 12.6. The second-order valence-corrected chi connectivity index (χ2v) is 5.46. The zero-order valence-electron chi connectivity index (χ0n) is 9.39. The lowest BCUT2D eigenvalue weighted by atomic mass is 9.98. The quantitative estimate of drug-likeness (QED) is 0.465. The highest BCUT2D eigenvalue weighted by atomic mass is 32.2. The predicted molar refractivity (Wildman–Crippen MR) is 62.9 cm³/mol. The third-order valence-electron chi connectivity index (χ3n) is 3.41. The lowest BCUT2D eigenvalue weighted by Gasteiger charge is -2.21. The number of fused-ring (bicyclic) bond motifs is 2. The number of hydrogen-bond donors (Lipinski definition) is 1. The predicted octanol–water partition coefficient (Wildman–Crippen LogP) is 1.91. The van der Waals surface area contributed by atoms with Crippen LogP contribution in [0.1, 0.15) is 26.2 Å². The molecule has 0 heterocycles. The molecule has 0 aromatic rings. The maximum atomic E-state index is 11.3. The van der Waals surface area contributed by atoms with Crippen molar-refractivity contribution in [1.29, 1.82) is 0 Å². The minimum atomic E-state index is -0.174. The fraction of sp³-hybridized carbons (Fsp3) is 0.818. The zero-order valence-corrected chi connectivity index (χ0v) is 10.2. The first-order chi connectivity index (χ1) is 7.76. The molecular formula is C11H17NO3S. The van der Waals surface area contributed by atoms with Crippen LogP contribution in [-0.4, -0.2) is 34.5 Å². The summed E-state index contributed by atoms with van der Waals surface area (Å²) < 4.78 is 4.89. The fourth-order valence-corrected chi connectivity index (χ4v) is 4.08. The molecule has 2 aliphatic rings. The summed E-state index contributed by atoms with van der Waals surface area (Å²) in [5.74, 6) is 1.23. The molecule has 0 amide bonds. The van der Waals surface area contributed by atoms with Gasteiger partial charge in [-0.3, -0.25) is 4.79 Å². The first kappa shape index (κ1) is 11.8. The van der Waals surface area contributed by atoms with E-state index in [1.807, 2.05) is 0 Å². The Hall–Kier alpha value is -0.710. The molecule has 0 aliphatic heterocycles. The SMILES string of the molecule is CCOC(=O)CS[C@H]1/C(=N/O)[C@H]2CC[C@@H]1C2. The van der Waals surface area contributed by atoms with Gasteiger partial charge >= 0.3 is 5.97 Å². The summed E-state index contributed by atoms with van der Waals surface area (Å²) in [7, 11) is 0. The summed E-state index contributed by atoms with van der Waals surface area (Å²) in [6, 6.07) is 0. The number of ether oxygens (including phenoxy) is 1. The summed E-state index contributed by atoms with van der Waals surface area (Å²) >= 11 is 1.56. The molecule has 2 bridgehead atoms. The Balaban J connectivity index is 1.87. The average Bonchev–Trinajstić information content (AvgIpc) is 2.86. The lowest BCUT2D eigenvalue weighted by Crippen LogP contribution is -2.26. The highest BCUT2D eigenvalue weighted by Crippen LogP contribution is 2.47. The van der Waals surface area contributed by atoms with Crippen molar-refractivity contribution in [3.05, 3.63) is 0 Å². The van der Waals surface area contributed by atoms with Gasteiger partial charge in [-0.25, -0.2) is 0 Å². The van der Waals surface area contributed by atoms with Crippen molar-refractivity contribution in [1.82, 2.24) is 0 Å². The van der Waals surface area contributed by atoms with Crippen LogP contribution >= 0.6 is 11.8 Å². The van der Waals surface area contributed by atoms with Crippen LogP contribution in [0, 0.1) is 11.8 Å². The molecule has 5 heteroatoms. The van der Waals surface area contributed by atoms with E-state index in [9.17, 15) is 4.79 Å². The maximum Gasteiger partial charge on any atom is 0.315 e. The molecule has 0 radical (unpaired) electrons. The van der Waals surface area contributed by atoms with Crippen LogP contribution in [0.4, 0.5) is 0 Å². The van der Waals surface area contributed by atoms with Crippen molar-refractivity contribution >= 4 is 23.4 Å². The second-order valence-electron chi connectivity index (χ2n) is 4.33. The van der Waals surface area contributed by atoms with E-state index in [0.717, 1.165) is 18.6 Å². The number of carbonyl (C=O) groups is 1. The molecule has 2 aliphatic carbocycles. The van der Waals surface area contributed by atoms with Gasteiger partial charge in [0, 0.05) is 5.92 Å². The van der Waals surface area contributed by atoms with Crippen LogP contribution in [0.25, 0.3) is 0 Å². The summed E-state index contributed by atoms with van der Waals surface area (Å²) in [4.78, 5) is 11.3.